The zero-order chi connectivity index (χ0) is 13.0. The Morgan fingerprint density at radius 3 is 2.72 bits per heavy atom. The fourth-order valence-corrected chi connectivity index (χ4v) is 3.26. The van der Waals surface area contributed by atoms with Crippen LogP contribution in [0.15, 0.2) is 18.3 Å². The van der Waals surface area contributed by atoms with E-state index in [2.05, 4.69) is 4.98 Å². The molecule has 1 aliphatic heterocycles. The number of hydrogen-bond donors (Lipinski definition) is 1. The van der Waals surface area contributed by atoms with Crippen LogP contribution in [-0.2, 0) is 21.3 Å². The molecular weight excluding hydrogens is 254 g/mol. The number of carboxylic acid groups (broad SMARTS) is 1. The van der Waals surface area contributed by atoms with Crippen LogP contribution in [0.2, 0.25) is 0 Å². The van der Waals surface area contributed by atoms with E-state index in [-0.39, 0.29) is 10.8 Å². The minimum atomic E-state index is -1.00. The second-order valence-electron chi connectivity index (χ2n) is 4.18. The molecule has 2 heterocycles. The number of aromatic nitrogens is 1. The topological polar surface area (TPSA) is 76.5 Å². The third-order valence-corrected chi connectivity index (χ3v) is 4.70. The van der Waals surface area contributed by atoms with E-state index < -0.39 is 16.8 Å². The van der Waals surface area contributed by atoms with Crippen molar-refractivity contribution in [2.45, 2.75) is 23.8 Å². The van der Waals surface area contributed by atoms with Crippen LogP contribution in [0.1, 0.15) is 28.9 Å². The smallest absolute Gasteiger partial charge is 0.337 e. The number of carbonyl (C=O) groups is 1. The Kier molecular flexibility index (Phi) is 4.43. The normalized spacial score (nSPS) is 18.4. The molecule has 1 N–H and O–H groups in total. The molecule has 2 rings (SSSR count). The molecular formula is C12H15NO4S. The van der Waals surface area contributed by atoms with E-state index in [0.717, 1.165) is 12.8 Å². The molecule has 5 nitrogen and oxygen atoms in total. The van der Waals surface area contributed by atoms with Gasteiger partial charge in [-0.2, -0.15) is 0 Å². The van der Waals surface area contributed by atoms with Gasteiger partial charge in [-0.25, -0.2) is 4.79 Å². The monoisotopic (exact) mass is 269 g/mol. The molecule has 0 radical (unpaired) electrons. The lowest BCUT2D eigenvalue weighted by molar-refractivity contribution is 0.0696. The van der Waals surface area contributed by atoms with Crippen LogP contribution in [0.5, 0.6) is 0 Å². The molecule has 0 spiro atoms. The maximum atomic E-state index is 12.1. The molecule has 0 saturated carbocycles. The predicted molar refractivity (Wildman–Crippen MR) is 66.9 cm³/mol. The van der Waals surface area contributed by atoms with Gasteiger partial charge in [0.05, 0.1) is 17.0 Å². The molecule has 0 aliphatic carbocycles. The van der Waals surface area contributed by atoms with Crippen LogP contribution in [-0.4, -0.2) is 38.7 Å². The second-order valence-corrected chi connectivity index (χ2v) is 5.90. The van der Waals surface area contributed by atoms with Crippen molar-refractivity contribution in [3.8, 4) is 0 Å². The summed E-state index contributed by atoms with van der Waals surface area (Å²) in [5, 5.41) is 8.91. The summed E-state index contributed by atoms with van der Waals surface area (Å²) in [4.78, 5) is 14.7. The van der Waals surface area contributed by atoms with Gasteiger partial charge in [-0.15, -0.1) is 0 Å². The molecule has 1 fully saturated rings. The van der Waals surface area contributed by atoms with Crippen molar-refractivity contribution < 1.29 is 18.8 Å². The highest BCUT2D eigenvalue weighted by molar-refractivity contribution is 7.84. The third-order valence-electron chi connectivity index (χ3n) is 2.90. The number of rotatable bonds is 4. The van der Waals surface area contributed by atoms with E-state index in [9.17, 15) is 9.00 Å². The van der Waals surface area contributed by atoms with Gasteiger partial charge in [0.2, 0.25) is 0 Å². The van der Waals surface area contributed by atoms with Gasteiger partial charge in [-0.3, -0.25) is 9.19 Å². The molecule has 0 aromatic carbocycles. The zero-order valence-electron chi connectivity index (χ0n) is 9.87. The van der Waals surface area contributed by atoms with Crippen molar-refractivity contribution in [2.75, 3.05) is 13.2 Å². The van der Waals surface area contributed by atoms with Gasteiger partial charge in [0.25, 0.3) is 0 Å². The molecule has 6 heteroatoms. The van der Waals surface area contributed by atoms with Crippen LogP contribution in [0, 0.1) is 0 Å². The number of carboxylic acids is 1. The molecule has 18 heavy (non-hydrogen) atoms. The summed E-state index contributed by atoms with van der Waals surface area (Å²) in [6, 6.07) is 3.12. The first-order chi connectivity index (χ1) is 8.66. The predicted octanol–water partition coefficient (Wildman–Crippen LogP) is 1.21. The quantitative estimate of drug-likeness (QED) is 0.889. The van der Waals surface area contributed by atoms with Crippen LogP contribution >= 0.6 is 0 Å². The Labute approximate surface area is 108 Å². The van der Waals surface area contributed by atoms with Crippen molar-refractivity contribution >= 4 is 16.8 Å². The van der Waals surface area contributed by atoms with E-state index in [1.807, 2.05) is 0 Å². The summed E-state index contributed by atoms with van der Waals surface area (Å²) in [7, 11) is -0.965. The maximum absolute atomic E-state index is 12.1. The number of hydrogen-bond acceptors (Lipinski definition) is 4. The lowest BCUT2D eigenvalue weighted by atomic mass is 10.2. The highest BCUT2D eigenvalue weighted by Crippen LogP contribution is 2.16. The molecule has 98 valence electrons. The van der Waals surface area contributed by atoms with E-state index in [4.69, 9.17) is 9.84 Å². The summed E-state index contributed by atoms with van der Waals surface area (Å²) < 4.78 is 17.3. The fourth-order valence-electron chi connectivity index (χ4n) is 1.84. The number of nitrogens with zero attached hydrogens (tertiary/aromatic N) is 1. The average Bonchev–Trinajstić information content (AvgIpc) is 2.40. The third kappa shape index (κ3) is 3.36. The molecule has 1 atom stereocenters. The Balaban J connectivity index is 1.96. The molecule has 0 bridgehead atoms. The van der Waals surface area contributed by atoms with Gasteiger partial charge in [0.15, 0.2) is 0 Å². The highest BCUT2D eigenvalue weighted by Gasteiger charge is 2.20. The first-order valence-corrected chi connectivity index (χ1v) is 7.18. The average molecular weight is 269 g/mol. The molecule has 1 saturated heterocycles. The minimum Gasteiger partial charge on any atom is -0.478 e. The van der Waals surface area contributed by atoms with Crippen molar-refractivity contribution in [1.29, 1.82) is 0 Å². The van der Waals surface area contributed by atoms with Crippen LogP contribution in [0.3, 0.4) is 0 Å². The lowest BCUT2D eigenvalue weighted by Crippen LogP contribution is -2.25. The van der Waals surface area contributed by atoms with Crippen LogP contribution in [0.25, 0.3) is 0 Å². The van der Waals surface area contributed by atoms with Gasteiger partial charge in [-0.05, 0) is 25.0 Å². The second kappa shape index (κ2) is 6.06. The number of pyridine rings is 1. The summed E-state index contributed by atoms with van der Waals surface area (Å²) in [5.41, 5.74) is 0.820. The Bertz CT molecular complexity index is 440. The van der Waals surface area contributed by atoms with Crippen molar-refractivity contribution in [3.05, 3.63) is 29.6 Å². The Morgan fingerprint density at radius 1 is 1.44 bits per heavy atom. The van der Waals surface area contributed by atoms with Gasteiger partial charge in [0, 0.05) is 35.5 Å². The van der Waals surface area contributed by atoms with Crippen LogP contribution < -0.4 is 0 Å². The maximum Gasteiger partial charge on any atom is 0.337 e. The minimum absolute atomic E-state index is 0.149. The van der Waals surface area contributed by atoms with Gasteiger partial charge in [-0.1, -0.05) is 0 Å². The van der Waals surface area contributed by atoms with Gasteiger partial charge < -0.3 is 9.84 Å². The molecule has 1 aromatic rings. The molecule has 1 aliphatic rings. The van der Waals surface area contributed by atoms with Gasteiger partial charge >= 0.3 is 5.97 Å². The van der Waals surface area contributed by atoms with E-state index >= 15 is 0 Å². The van der Waals surface area contributed by atoms with Crippen molar-refractivity contribution in [2.24, 2.45) is 0 Å². The van der Waals surface area contributed by atoms with Crippen LogP contribution in [0.4, 0.5) is 0 Å². The van der Waals surface area contributed by atoms with E-state index in [1.165, 1.54) is 12.3 Å². The van der Waals surface area contributed by atoms with Gasteiger partial charge in [0.1, 0.15) is 0 Å². The van der Waals surface area contributed by atoms with E-state index in [0.29, 0.717) is 24.7 Å². The Morgan fingerprint density at radius 2 is 2.17 bits per heavy atom. The van der Waals surface area contributed by atoms with E-state index in [1.54, 1.807) is 6.07 Å². The fraction of sp³-hybridized carbons (Fsp3) is 0.500. The first-order valence-electron chi connectivity index (χ1n) is 5.80. The summed E-state index contributed by atoms with van der Waals surface area (Å²) in [6.45, 7) is 1.34. The standard InChI is InChI=1S/C12H15NO4S/c14-12(15)9-1-2-10(13-7-9)8-18(16)11-3-5-17-6-4-11/h1-2,7,11H,3-6,8H2,(H,14,15). The highest BCUT2D eigenvalue weighted by atomic mass is 32.2. The summed E-state index contributed by atoms with van der Waals surface area (Å²) in [5.74, 6) is -0.621. The molecule has 1 aromatic heterocycles. The Hall–Kier alpha value is -1.27. The SMILES string of the molecule is O=C(O)c1ccc(CS(=O)C2CCOCC2)nc1. The van der Waals surface area contributed by atoms with Crippen molar-refractivity contribution in [1.82, 2.24) is 4.98 Å². The first kappa shape index (κ1) is 13.2. The lowest BCUT2D eigenvalue weighted by Gasteiger charge is -2.21. The van der Waals surface area contributed by atoms with Crippen molar-refractivity contribution in [3.63, 3.8) is 0 Å². The molecule has 1 unspecified atom stereocenters. The zero-order valence-corrected chi connectivity index (χ0v) is 10.7. The number of aromatic carboxylic acids is 1. The molecule has 0 amide bonds. The summed E-state index contributed by atoms with van der Waals surface area (Å²) >= 11 is 0. The largest absolute Gasteiger partial charge is 0.478 e. The summed E-state index contributed by atoms with van der Waals surface area (Å²) in [6.07, 6.45) is 2.94. The number of ether oxygens (including phenoxy) is 1.